The summed E-state index contributed by atoms with van der Waals surface area (Å²) in [5.74, 6) is -0.219. The summed E-state index contributed by atoms with van der Waals surface area (Å²) in [5, 5.41) is 11.0. The zero-order chi connectivity index (χ0) is 14.7. The van der Waals surface area contributed by atoms with Crippen LogP contribution in [0.15, 0.2) is 76.0 Å². The van der Waals surface area contributed by atoms with E-state index in [0.717, 1.165) is 5.56 Å². The van der Waals surface area contributed by atoms with Gasteiger partial charge in [0.25, 0.3) is 0 Å². The van der Waals surface area contributed by atoms with Gasteiger partial charge >= 0.3 is 0 Å². The van der Waals surface area contributed by atoms with Crippen LogP contribution in [0.25, 0.3) is 0 Å². The normalized spacial score (nSPS) is 13.8. The van der Waals surface area contributed by atoms with E-state index in [9.17, 15) is 9.90 Å². The van der Waals surface area contributed by atoms with Crippen LogP contribution in [0.3, 0.4) is 0 Å². The van der Waals surface area contributed by atoms with Gasteiger partial charge in [-0.25, -0.2) is 0 Å². The van der Waals surface area contributed by atoms with Gasteiger partial charge in [0.1, 0.15) is 5.76 Å². The summed E-state index contributed by atoms with van der Waals surface area (Å²) < 4.78 is 10.4. The summed E-state index contributed by atoms with van der Waals surface area (Å²) in [6.07, 6.45) is 2.94. The summed E-state index contributed by atoms with van der Waals surface area (Å²) in [4.78, 5) is 12.6. The second kappa shape index (κ2) is 5.42. The van der Waals surface area contributed by atoms with E-state index in [2.05, 4.69) is 0 Å². The number of furan rings is 2. The van der Waals surface area contributed by atoms with Crippen molar-refractivity contribution in [3.8, 4) is 0 Å². The molecule has 1 atom stereocenters. The standard InChI is InChI=1S/C17H14O4/c18-16(14-8-4-10-20-14)17(19,15-9-5-11-21-15)12-13-6-2-1-3-7-13/h1-11,19H,12H2. The van der Waals surface area contributed by atoms with E-state index in [1.807, 2.05) is 30.3 Å². The van der Waals surface area contributed by atoms with Crippen molar-refractivity contribution in [2.24, 2.45) is 0 Å². The molecule has 0 radical (unpaired) electrons. The van der Waals surface area contributed by atoms with Gasteiger partial charge in [0.15, 0.2) is 11.4 Å². The smallest absolute Gasteiger partial charge is 0.237 e. The molecular formula is C17H14O4. The largest absolute Gasteiger partial charge is 0.466 e. The van der Waals surface area contributed by atoms with Crippen molar-refractivity contribution in [2.45, 2.75) is 12.0 Å². The molecule has 0 bridgehead atoms. The lowest BCUT2D eigenvalue weighted by Crippen LogP contribution is -2.37. The summed E-state index contributed by atoms with van der Waals surface area (Å²) in [7, 11) is 0. The maximum absolute atomic E-state index is 12.6. The fourth-order valence-electron chi connectivity index (χ4n) is 2.30. The van der Waals surface area contributed by atoms with E-state index < -0.39 is 11.4 Å². The average molecular weight is 282 g/mol. The number of carbonyl (C=O) groups is 1. The monoisotopic (exact) mass is 282 g/mol. The second-order valence-corrected chi connectivity index (χ2v) is 4.81. The minimum Gasteiger partial charge on any atom is -0.466 e. The summed E-state index contributed by atoms with van der Waals surface area (Å²) >= 11 is 0. The van der Waals surface area contributed by atoms with Crippen molar-refractivity contribution >= 4 is 5.78 Å². The molecule has 106 valence electrons. The van der Waals surface area contributed by atoms with Crippen molar-refractivity contribution < 1.29 is 18.7 Å². The highest BCUT2D eigenvalue weighted by atomic mass is 16.4. The molecule has 2 heterocycles. The van der Waals surface area contributed by atoms with Crippen LogP contribution in [0.5, 0.6) is 0 Å². The summed E-state index contributed by atoms with van der Waals surface area (Å²) in [5.41, 5.74) is -0.959. The molecule has 0 saturated carbocycles. The highest BCUT2D eigenvalue weighted by molar-refractivity contribution is 6.00. The summed E-state index contributed by atoms with van der Waals surface area (Å²) in [6, 6.07) is 15.7. The van der Waals surface area contributed by atoms with E-state index in [1.165, 1.54) is 18.6 Å². The van der Waals surface area contributed by atoms with E-state index in [-0.39, 0.29) is 17.9 Å². The number of ketones is 1. The van der Waals surface area contributed by atoms with E-state index in [0.29, 0.717) is 0 Å². The Morgan fingerprint density at radius 1 is 0.952 bits per heavy atom. The minimum absolute atomic E-state index is 0.102. The Morgan fingerprint density at radius 3 is 2.29 bits per heavy atom. The number of rotatable bonds is 5. The number of hydrogen-bond acceptors (Lipinski definition) is 4. The third-order valence-electron chi connectivity index (χ3n) is 3.35. The maximum Gasteiger partial charge on any atom is 0.237 e. The first-order valence-corrected chi connectivity index (χ1v) is 6.59. The Bertz CT molecular complexity index is 699. The van der Waals surface area contributed by atoms with Crippen molar-refractivity contribution in [2.75, 3.05) is 0 Å². The van der Waals surface area contributed by atoms with Crippen LogP contribution in [0.4, 0.5) is 0 Å². The van der Waals surface area contributed by atoms with Crippen molar-refractivity contribution in [3.05, 3.63) is 84.2 Å². The van der Waals surface area contributed by atoms with Crippen molar-refractivity contribution in [1.29, 1.82) is 0 Å². The lowest BCUT2D eigenvalue weighted by atomic mass is 9.87. The van der Waals surface area contributed by atoms with Crippen molar-refractivity contribution in [3.63, 3.8) is 0 Å². The second-order valence-electron chi connectivity index (χ2n) is 4.81. The molecule has 21 heavy (non-hydrogen) atoms. The molecule has 4 heteroatoms. The van der Waals surface area contributed by atoms with Gasteiger partial charge in [0.2, 0.25) is 5.78 Å². The van der Waals surface area contributed by atoms with Gasteiger partial charge in [0.05, 0.1) is 12.5 Å². The maximum atomic E-state index is 12.6. The van der Waals surface area contributed by atoms with Crippen LogP contribution in [0, 0.1) is 0 Å². The van der Waals surface area contributed by atoms with Crippen LogP contribution in [0.2, 0.25) is 0 Å². The Balaban J connectivity index is 2.01. The molecule has 3 aromatic rings. The van der Waals surface area contributed by atoms with E-state index in [4.69, 9.17) is 8.83 Å². The molecule has 0 amide bonds. The molecule has 0 saturated heterocycles. The first kappa shape index (κ1) is 13.4. The van der Waals surface area contributed by atoms with Gasteiger partial charge in [-0.3, -0.25) is 4.79 Å². The molecule has 0 spiro atoms. The zero-order valence-electron chi connectivity index (χ0n) is 11.2. The quantitative estimate of drug-likeness (QED) is 0.730. The molecule has 1 unspecified atom stereocenters. The first-order valence-electron chi connectivity index (χ1n) is 6.59. The van der Waals surface area contributed by atoms with Crippen LogP contribution in [-0.4, -0.2) is 10.9 Å². The third-order valence-corrected chi connectivity index (χ3v) is 3.35. The molecule has 0 fully saturated rings. The third kappa shape index (κ3) is 2.53. The van der Waals surface area contributed by atoms with E-state index in [1.54, 1.807) is 18.2 Å². The number of carbonyl (C=O) groups excluding carboxylic acids is 1. The number of benzene rings is 1. The minimum atomic E-state index is -1.79. The Morgan fingerprint density at radius 2 is 1.67 bits per heavy atom. The predicted molar refractivity (Wildman–Crippen MR) is 75.8 cm³/mol. The molecule has 2 aromatic heterocycles. The van der Waals surface area contributed by atoms with Crippen LogP contribution in [-0.2, 0) is 12.0 Å². The molecule has 1 N–H and O–H groups in total. The number of Topliss-reactive ketones (excluding diaryl/α,β-unsaturated/α-hetero) is 1. The summed E-state index contributed by atoms with van der Waals surface area (Å²) in [6.45, 7) is 0. The Kier molecular flexibility index (Phi) is 3.46. The Hall–Kier alpha value is -2.59. The van der Waals surface area contributed by atoms with Crippen molar-refractivity contribution in [1.82, 2.24) is 0 Å². The van der Waals surface area contributed by atoms with E-state index >= 15 is 0 Å². The van der Waals surface area contributed by atoms with Gasteiger partial charge in [-0.15, -0.1) is 0 Å². The average Bonchev–Trinajstić information content (AvgIpc) is 3.20. The Labute approximate surface area is 121 Å². The fraction of sp³-hybridized carbons (Fsp3) is 0.118. The molecule has 0 aliphatic heterocycles. The fourth-order valence-corrected chi connectivity index (χ4v) is 2.30. The van der Waals surface area contributed by atoms with Gasteiger partial charge in [0, 0.05) is 6.42 Å². The molecule has 4 nitrogen and oxygen atoms in total. The lowest BCUT2D eigenvalue weighted by Gasteiger charge is -2.23. The van der Waals surface area contributed by atoms with Crippen LogP contribution >= 0.6 is 0 Å². The number of aliphatic hydroxyl groups is 1. The highest BCUT2D eigenvalue weighted by Gasteiger charge is 2.42. The predicted octanol–water partition coefficient (Wildman–Crippen LogP) is 3.19. The van der Waals surface area contributed by atoms with Crippen LogP contribution < -0.4 is 0 Å². The van der Waals surface area contributed by atoms with Crippen LogP contribution in [0.1, 0.15) is 21.9 Å². The molecular weight excluding hydrogens is 268 g/mol. The zero-order valence-corrected chi connectivity index (χ0v) is 11.2. The molecule has 1 aromatic carbocycles. The molecule has 3 rings (SSSR count). The topological polar surface area (TPSA) is 63.6 Å². The SMILES string of the molecule is O=C(c1ccco1)C(O)(Cc1ccccc1)c1ccco1. The molecule has 0 aliphatic carbocycles. The van der Waals surface area contributed by atoms with Gasteiger partial charge < -0.3 is 13.9 Å². The van der Waals surface area contributed by atoms with Gasteiger partial charge in [-0.05, 0) is 29.8 Å². The first-order chi connectivity index (χ1) is 10.2. The molecule has 0 aliphatic rings. The van der Waals surface area contributed by atoms with Gasteiger partial charge in [-0.2, -0.15) is 0 Å². The highest BCUT2D eigenvalue weighted by Crippen LogP contribution is 2.30. The van der Waals surface area contributed by atoms with Gasteiger partial charge in [-0.1, -0.05) is 30.3 Å². The lowest BCUT2D eigenvalue weighted by molar-refractivity contribution is 0.0158. The number of hydrogen-bond donors (Lipinski definition) is 1.